The lowest BCUT2D eigenvalue weighted by atomic mass is 10.3. The number of aromatic amines is 1. The molecule has 1 N–H and O–H groups in total. The van der Waals surface area contributed by atoms with Gasteiger partial charge in [-0.15, -0.1) is 0 Å². The lowest BCUT2D eigenvalue weighted by Gasteiger charge is -1.80. The molecule has 2 aromatic rings. The van der Waals surface area contributed by atoms with Gasteiger partial charge in [-0.3, -0.25) is 0 Å². The van der Waals surface area contributed by atoms with Crippen LogP contribution < -0.4 is 0 Å². The quantitative estimate of drug-likeness (QED) is 0.636. The Hall–Kier alpha value is -1.58. The minimum Gasteiger partial charge on any atom is -0.472 e. The molecule has 0 aliphatic heterocycles. The van der Waals surface area contributed by atoms with Crippen LogP contribution in [-0.4, -0.2) is 15.4 Å². The van der Waals surface area contributed by atoms with Crippen LogP contribution in [0.1, 0.15) is 0 Å². The van der Waals surface area contributed by atoms with Gasteiger partial charge in [0, 0.05) is 5.56 Å². The zero-order valence-corrected chi connectivity index (χ0v) is 5.11. The SMILES string of the molecule is c1cc(-c2cn[nH]n2)co1. The first-order valence-corrected chi connectivity index (χ1v) is 2.85. The van der Waals surface area contributed by atoms with E-state index in [0.717, 1.165) is 11.3 Å². The summed E-state index contributed by atoms with van der Waals surface area (Å²) in [4.78, 5) is 0. The van der Waals surface area contributed by atoms with Gasteiger partial charge in [-0.25, -0.2) is 0 Å². The number of nitrogens with one attached hydrogen (secondary N) is 1. The highest BCUT2D eigenvalue weighted by Crippen LogP contribution is 2.13. The highest BCUT2D eigenvalue weighted by molar-refractivity contribution is 5.54. The zero-order chi connectivity index (χ0) is 6.81. The molecule has 2 aromatic heterocycles. The molecule has 50 valence electrons. The van der Waals surface area contributed by atoms with E-state index in [4.69, 9.17) is 4.42 Å². The average Bonchev–Trinajstić information content (AvgIpc) is 2.59. The maximum absolute atomic E-state index is 4.86. The van der Waals surface area contributed by atoms with Crippen LogP contribution in [0.25, 0.3) is 11.3 Å². The van der Waals surface area contributed by atoms with Crippen LogP contribution in [0.5, 0.6) is 0 Å². The molecule has 0 unspecified atom stereocenters. The van der Waals surface area contributed by atoms with Crippen molar-refractivity contribution in [2.45, 2.75) is 0 Å². The van der Waals surface area contributed by atoms with Crippen molar-refractivity contribution in [2.75, 3.05) is 0 Å². The van der Waals surface area contributed by atoms with Gasteiger partial charge in [0.15, 0.2) is 0 Å². The molecule has 0 saturated carbocycles. The Morgan fingerprint density at radius 3 is 3.10 bits per heavy atom. The number of hydrogen-bond acceptors (Lipinski definition) is 3. The normalized spacial score (nSPS) is 10.0. The Morgan fingerprint density at radius 1 is 1.50 bits per heavy atom. The Balaban J connectivity index is 2.48. The predicted octanol–water partition coefficient (Wildman–Crippen LogP) is 1.06. The van der Waals surface area contributed by atoms with E-state index in [-0.39, 0.29) is 0 Å². The first kappa shape index (κ1) is 5.22. The topological polar surface area (TPSA) is 54.7 Å². The lowest BCUT2D eigenvalue weighted by molar-refractivity contribution is 0.568. The summed E-state index contributed by atoms with van der Waals surface area (Å²) < 4.78 is 4.86. The van der Waals surface area contributed by atoms with Crippen molar-refractivity contribution in [1.82, 2.24) is 15.4 Å². The summed E-state index contributed by atoms with van der Waals surface area (Å²) in [7, 11) is 0. The van der Waals surface area contributed by atoms with Gasteiger partial charge in [-0.1, -0.05) is 0 Å². The molecule has 0 saturated heterocycles. The van der Waals surface area contributed by atoms with Crippen LogP contribution >= 0.6 is 0 Å². The molecule has 0 spiro atoms. The smallest absolute Gasteiger partial charge is 0.116 e. The second-order valence-electron chi connectivity index (χ2n) is 1.87. The number of furan rings is 1. The standard InChI is InChI=1S/C6H5N3O/c1-2-10-4-5(1)6-3-7-9-8-6/h1-4H,(H,7,8,9). The maximum atomic E-state index is 4.86. The van der Waals surface area contributed by atoms with Gasteiger partial charge >= 0.3 is 0 Å². The summed E-state index contributed by atoms with van der Waals surface area (Å²) in [5.74, 6) is 0. The van der Waals surface area contributed by atoms with E-state index in [0.29, 0.717) is 0 Å². The molecule has 0 amide bonds. The second-order valence-corrected chi connectivity index (χ2v) is 1.87. The fraction of sp³-hybridized carbons (Fsp3) is 0. The summed E-state index contributed by atoms with van der Waals surface area (Å²) in [6.45, 7) is 0. The highest BCUT2D eigenvalue weighted by atomic mass is 16.3. The number of aromatic nitrogens is 3. The molecule has 0 aliphatic rings. The number of hydrogen-bond donors (Lipinski definition) is 1. The van der Waals surface area contributed by atoms with E-state index in [2.05, 4.69) is 15.4 Å². The average molecular weight is 135 g/mol. The number of nitrogens with zero attached hydrogens (tertiary/aromatic N) is 2. The molecule has 4 nitrogen and oxygen atoms in total. The van der Waals surface area contributed by atoms with E-state index < -0.39 is 0 Å². The fourth-order valence-corrected chi connectivity index (χ4v) is 0.751. The Bertz CT molecular complexity index is 252. The van der Waals surface area contributed by atoms with Crippen molar-refractivity contribution < 1.29 is 4.42 Å². The van der Waals surface area contributed by atoms with Crippen molar-refractivity contribution in [1.29, 1.82) is 0 Å². The molecule has 0 atom stereocenters. The maximum Gasteiger partial charge on any atom is 0.116 e. The number of rotatable bonds is 1. The summed E-state index contributed by atoms with van der Waals surface area (Å²) in [5.41, 5.74) is 1.74. The summed E-state index contributed by atoms with van der Waals surface area (Å²) in [6, 6.07) is 1.83. The molecule has 10 heavy (non-hydrogen) atoms. The van der Waals surface area contributed by atoms with Crippen LogP contribution in [0.15, 0.2) is 29.2 Å². The molecule has 0 aromatic carbocycles. The third-order valence-corrected chi connectivity index (χ3v) is 1.23. The van der Waals surface area contributed by atoms with Crippen molar-refractivity contribution in [2.24, 2.45) is 0 Å². The first-order chi connectivity index (χ1) is 4.97. The summed E-state index contributed by atoms with van der Waals surface area (Å²) in [6.07, 6.45) is 4.87. The lowest BCUT2D eigenvalue weighted by Crippen LogP contribution is -1.71. The Morgan fingerprint density at radius 2 is 2.50 bits per heavy atom. The van der Waals surface area contributed by atoms with Gasteiger partial charge in [0.25, 0.3) is 0 Å². The van der Waals surface area contributed by atoms with Crippen LogP contribution in [0.2, 0.25) is 0 Å². The van der Waals surface area contributed by atoms with Gasteiger partial charge in [0.2, 0.25) is 0 Å². The summed E-state index contributed by atoms with van der Waals surface area (Å²) in [5, 5.41) is 10.0. The molecule has 2 heterocycles. The van der Waals surface area contributed by atoms with Crippen molar-refractivity contribution in [3.8, 4) is 11.3 Å². The van der Waals surface area contributed by atoms with E-state index in [9.17, 15) is 0 Å². The predicted molar refractivity (Wildman–Crippen MR) is 34.1 cm³/mol. The molecule has 0 aliphatic carbocycles. The third-order valence-electron chi connectivity index (χ3n) is 1.23. The van der Waals surface area contributed by atoms with Crippen molar-refractivity contribution >= 4 is 0 Å². The van der Waals surface area contributed by atoms with Crippen LogP contribution in [0.3, 0.4) is 0 Å². The minimum absolute atomic E-state index is 0.800. The molecular weight excluding hydrogens is 130 g/mol. The van der Waals surface area contributed by atoms with Gasteiger partial charge < -0.3 is 4.42 Å². The van der Waals surface area contributed by atoms with Gasteiger partial charge in [0.1, 0.15) is 5.69 Å². The van der Waals surface area contributed by atoms with E-state index in [1.54, 1.807) is 18.7 Å². The van der Waals surface area contributed by atoms with E-state index in [1.807, 2.05) is 6.07 Å². The Kier molecular flexibility index (Phi) is 1.04. The van der Waals surface area contributed by atoms with Gasteiger partial charge in [-0.05, 0) is 6.07 Å². The molecule has 0 radical (unpaired) electrons. The summed E-state index contributed by atoms with van der Waals surface area (Å²) >= 11 is 0. The molecule has 0 bridgehead atoms. The molecule has 2 rings (SSSR count). The van der Waals surface area contributed by atoms with E-state index in [1.165, 1.54) is 0 Å². The fourth-order valence-electron chi connectivity index (χ4n) is 0.751. The van der Waals surface area contributed by atoms with Gasteiger partial charge in [-0.2, -0.15) is 15.4 Å². The number of H-pyrrole nitrogens is 1. The second kappa shape index (κ2) is 1.98. The largest absolute Gasteiger partial charge is 0.472 e. The Labute approximate surface area is 56.9 Å². The van der Waals surface area contributed by atoms with Crippen molar-refractivity contribution in [3.63, 3.8) is 0 Å². The molecule has 4 heteroatoms. The molecular formula is C6H5N3O. The van der Waals surface area contributed by atoms with Crippen molar-refractivity contribution in [3.05, 3.63) is 24.8 Å². The monoisotopic (exact) mass is 135 g/mol. The van der Waals surface area contributed by atoms with E-state index >= 15 is 0 Å². The minimum atomic E-state index is 0.800. The van der Waals surface area contributed by atoms with Crippen LogP contribution in [-0.2, 0) is 0 Å². The zero-order valence-electron chi connectivity index (χ0n) is 5.11. The third kappa shape index (κ3) is 0.699. The van der Waals surface area contributed by atoms with Crippen LogP contribution in [0.4, 0.5) is 0 Å². The molecule has 0 fully saturated rings. The first-order valence-electron chi connectivity index (χ1n) is 2.85. The van der Waals surface area contributed by atoms with Gasteiger partial charge in [0.05, 0.1) is 18.7 Å². The highest BCUT2D eigenvalue weighted by Gasteiger charge is 1.99. The van der Waals surface area contributed by atoms with Crippen LogP contribution in [0, 0.1) is 0 Å².